The van der Waals surface area contributed by atoms with Crippen molar-refractivity contribution in [3.05, 3.63) is 187 Å². The quantitative estimate of drug-likeness (QED) is 0.176. The highest BCUT2D eigenvalue weighted by Gasteiger charge is 2.41. The van der Waals surface area contributed by atoms with Gasteiger partial charge in [0.2, 0.25) is 0 Å². The molecule has 11 rings (SSSR count). The Bertz CT molecular complexity index is 2980. The zero-order valence-electron chi connectivity index (χ0n) is 30.2. The second-order valence-electron chi connectivity index (χ2n) is 15.7. The average Bonchev–Trinajstić information content (AvgIpc) is 3.90. The topological polar surface area (TPSA) is 14.8 Å². The van der Waals surface area contributed by atoms with Gasteiger partial charge in [0.15, 0.2) is 0 Å². The van der Waals surface area contributed by atoms with Crippen LogP contribution in [-0.4, -0.2) is 13.7 Å². The molecule has 254 valence electrons. The summed E-state index contributed by atoms with van der Waals surface area (Å²) in [4.78, 5) is 0. The van der Waals surface area contributed by atoms with Crippen LogP contribution >= 0.6 is 0 Å². The number of allylic oxidation sites excluding steroid dienone is 4. The highest BCUT2D eigenvalue weighted by Crippen LogP contribution is 2.51. The Balaban J connectivity index is 1.19. The molecule has 0 spiro atoms. The van der Waals surface area contributed by atoms with Crippen LogP contribution in [-0.2, 0) is 10.8 Å². The highest BCUT2D eigenvalue weighted by molar-refractivity contribution is 6.13. The minimum absolute atomic E-state index is 0.0455. The third kappa shape index (κ3) is 4.22. The molecule has 0 saturated carbocycles. The number of fused-ring (bicyclic) bond motifs is 10. The molecule has 0 fully saturated rings. The molecule has 0 saturated heterocycles. The molecule has 0 amide bonds. The lowest BCUT2D eigenvalue weighted by Crippen LogP contribution is -2.19. The molecular formula is C50H39N3. The Kier molecular flexibility index (Phi) is 6.21. The molecule has 2 aliphatic rings. The van der Waals surface area contributed by atoms with E-state index in [1.807, 2.05) is 0 Å². The van der Waals surface area contributed by atoms with Gasteiger partial charge in [0, 0.05) is 49.9 Å². The van der Waals surface area contributed by atoms with Crippen molar-refractivity contribution in [2.75, 3.05) is 0 Å². The van der Waals surface area contributed by atoms with E-state index in [2.05, 4.69) is 204 Å². The van der Waals surface area contributed by atoms with E-state index in [-0.39, 0.29) is 10.8 Å². The van der Waals surface area contributed by atoms with E-state index in [9.17, 15) is 0 Å². The number of hydrogen-bond acceptors (Lipinski definition) is 0. The molecular weight excluding hydrogens is 643 g/mol. The number of benzene rings is 6. The van der Waals surface area contributed by atoms with Gasteiger partial charge in [-0.2, -0.15) is 0 Å². The molecule has 3 heteroatoms. The van der Waals surface area contributed by atoms with Crippen molar-refractivity contribution in [3.8, 4) is 28.2 Å². The number of nitrogens with zero attached hydrogens (tertiary/aromatic N) is 3. The average molecular weight is 682 g/mol. The summed E-state index contributed by atoms with van der Waals surface area (Å²) in [6, 6.07) is 51.6. The maximum atomic E-state index is 2.50. The zero-order valence-corrected chi connectivity index (χ0v) is 30.2. The van der Waals surface area contributed by atoms with Crippen molar-refractivity contribution in [3.63, 3.8) is 0 Å². The van der Waals surface area contributed by atoms with Crippen LogP contribution < -0.4 is 0 Å². The minimum Gasteiger partial charge on any atom is -0.317 e. The molecule has 1 aliphatic carbocycles. The van der Waals surface area contributed by atoms with Crippen LogP contribution in [0.25, 0.3) is 71.8 Å². The van der Waals surface area contributed by atoms with Gasteiger partial charge in [-0.3, -0.25) is 0 Å². The van der Waals surface area contributed by atoms with Gasteiger partial charge < -0.3 is 13.7 Å². The molecule has 1 atom stereocenters. The molecule has 9 aromatic rings. The van der Waals surface area contributed by atoms with E-state index in [0.717, 1.165) is 6.42 Å². The largest absolute Gasteiger partial charge is 0.317 e. The molecule has 3 nitrogen and oxygen atoms in total. The lowest BCUT2D eigenvalue weighted by molar-refractivity contribution is 0.600. The van der Waals surface area contributed by atoms with Crippen molar-refractivity contribution in [1.29, 1.82) is 0 Å². The summed E-state index contributed by atoms with van der Waals surface area (Å²) in [7, 11) is 0. The fourth-order valence-electron chi connectivity index (χ4n) is 9.46. The normalized spacial score (nSPS) is 17.3. The van der Waals surface area contributed by atoms with Crippen LogP contribution in [0.3, 0.4) is 0 Å². The van der Waals surface area contributed by atoms with Gasteiger partial charge in [0.05, 0.1) is 33.4 Å². The molecule has 4 heterocycles. The van der Waals surface area contributed by atoms with Gasteiger partial charge in [0.1, 0.15) is 0 Å². The van der Waals surface area contributed by atoms with Crippen LogP contribution in [0.1, 0.15) is 44.0 Å². The number of rotatable bonds is 4. The lowest BCUT2D eigenvalue weighted by atomic mass is 9.77. The summed E-state index contributed by atoms with van der Waals surface area (Å²) in [5.74, 6) is 0. The number of para-hydroxylation sites is 2. The summed E-state index contributed by atoms with van der Waals surface area (Å²) < 4.78 is 7.47. The smallest absolute Gasteiger partial charge is 0.0763 e. The van der Waals surface area contributed by atoms with Crippen molar-refractivity contribution < 1.29 is 0 Å². The Labute approximate surface area is 309 Å². The molecule has 0 bridgehead atoms. The Morgan fingerprint density at radius 1 is 0.528 bits per heavy atom. The maximum absolute atomic E-state index is 2.50. The predicted octanol–water partition coefficient (Wildman–Crippen LogP) is 12.8. The second kappa shape index (κ2) is 10.8. The third-order valence-corrected chi connectivity index (χ3v) is 12.2. The van der Waals surface area contributed by atoms with Crippen molar-refractivity contribution >= 4 is 43.6 Å². The lowest BCUT2D eigenvalue weighted by Gasteiger charge is -2.27. The van der Waals surface area contributed by atoms with E-state index in [1.165, 1.54) is 88.6 Å². The fraction of sp³-hybridized carbons (Fsp3) is 0.120. The molecule has 0 radical (unpaired) electrons. The van der Waals surface area contributed by atoms with Crippen molar-refractivity contribution in [2.45, 2.75) is 38.0 Å². The number of hydrogen-bond donors (Lipinski definition) is 0. The van der Waals surface area contributed by atoms with Gasteiger partial charge in [0.25, 0.3) is 0 Å². The summed E-state index contributed by atoms with van der Waals surface area (Å²) >= 11 is 0. The summed E-state index contributed by atoms with van der Waals surface area (Å²) in [6.07, 6.45) is 12.4. The van der Waals surface area contributed by atoms with Crippen molar-refractivity contribution in [1.82, 2.24) is 13.7 Å². The molecule has 6 aromatic carbocycles. The van der Waals surface area contributed by atoms with E-state index < -0.39 is 0 Å². The highest BCUT2D eigenvalue weighted by atomic mass is 15.1. The van der Waals surface area contributed by atoms with Gasteiger partial charge in [-0.1, -0.05) is 130 Å². The number of aromatic nitrogens is 3. The van der Waals surface area contributed by atoms with E-state index >= 15 is 0 Å². The second-order valence-corrected chi connectivity index (χ2v) is 15.7. The zero-order chi connectivity index (χ0) is 35.5. The third-order valence-electron chi connectivity index (χ3n) is 12.2. The Morgan fingerprint density at radius 3 is 1.98 bits per heavy atom. The summed E-state index contributed by atoms with van der Waals surface area (Å²) in [5.41, 5.74) is 14.8. The van der Waals surface area contributed by atoms with E-state index in [0.29, 0.717) is 0 Å². The molecule has 3 aromatic heterocycles. The van der Waals surface area contributed by atoms with Crippen LogP contribution in [0.2, 0.25) is 0 Å². The van der Waals surface area contributed by atoms with E-state index in [1.54, 1.807) is 0 Å². The van der Waals surface area contributed by atoms with Crippen LogP contribution in [0.5, 0.6) is 0 Å². The Morgan fingerprint density at radius 2 is 1.21 bits per heavy atom. The first kappa shape index (κ1) is 30.3. The first-order valence-corrected chi connectivity index (χ1v) is 18.7. The first-order chi connectivity index (χ1) is 25.9. The fourth-order valence-corrected chi connectivity index (χ4v) is 9.46. The Hall–Kier alpha value is -6.32. The maximum Gasteiger partial charge on any atom is 0.0763 e. The van der Waals surface area contributed by atoms with Crippen LogP contribution in [0.4, 0.5) is 0 Å². The summed E-state index contributed by atoms with van der Waals surface area (Å²) in [5, 5.41) is 5.16. The van der Waals surface area contributed by atoms with Crippen LogP contribution in [0.15, 0.2) is 170 Å². The molecule has 0 N–H and O–H groups in total. The first-order valence-electron chi connectivity index (χ1n) is 18.7. The van der Waals surface area contributed by atoms with Crippen molar-refractivity contribution in [2.24, 2.45) is 0 Å². The SMILES string of the molecule is CC1(c2ccc3c(c2)c2cc4c(cc2n3-c2ccc(-c3ccccc3)cc2)C(C)(C)c2c3c(cn2-4)c2ccccc2n3-c2ccccc2)C=CC=CC1. The molecule has 1 aliphatic heterocycles. The molecule has 1 unspecified atom stereocenters. The van der Waals surface area contributed by atoms with Gasteiger partial charge in [-0.25, -0.2) is 0 Å². The van der Waals surface area contributed by atoms with Gasteiger partial charge >= 0.3 is 0 Å². The standard InChI is InChI=1S/C50H39N3/c1-49(2)42-31-45-40(30-46(42)51-32-41-38-19-11-12-20-43(38)53(47(41)48(49)51)36-17-9-5-10-18-36)39-29-35(50(3)27-13-6-14-28-50)23-26-44(39)52(45)37-24-21-34(22-25-37)33-15-7-4-8-16-33/h4-27,29-32H,28H2,1-3H3. The van der Waals surface area contributed by atoms with Gasteiger partial charge in [-0.05, 0) is 83.3 Å². The monoisotopic (exact) mass is 681 g/mol. The van der Waals surface area contributed by atoms with Gasteiger partial charge in [-0.15, -0.1) is 0 Å². The summed E-state index contributed by atoms with van der Waals surface area (Å²) in [6.45, 7) is 7.18. The van der Waals surface area contributed by atoms with E-state index in [4.69, 9.17) is 0 Å². The van der Waals surface area contributed by atoms with Crippen LogP contribution in [0, 0.1) is 0 Å². The predicted molar refractivity (Wildman–Crippen MR) is 222 cm³/mol. The molecule has 53 heavy (non-hydrogen) atoms. The minimum atomic E-state index is -0.248.